The fraction of sp³-hybridized carbons (Fsp3) is 0.455. The Kier molecular flexibility index (Phi) is 8.44. The van der Waals surface area contributed by atoms with E-state index in [9.17, 15) is 20.3 Å². The third-order valence-corrected chi connectivity index (χ3v) is 9.54. The van der Waals surface area contributed by atoms with E-state index in [2.05, 4.69) is 9.97 Å². The molecule has 1 aliphatic carbocycles. The lowest BCUT2D eigenvalue weighted by Crippen LogP contribution is -2.49. The molecule has 3 heterocycles. The number of nitriles is 1. The fourth-order valence-electron chi connectivity index (χ4n) is 6.91. The first-order chi connectivity index (χ1) is 21.2. The van der Waals surface area contributed by atoms with Crippen LogP contribution in [0.1, 0.15) is 83.9 Å². The summed E-state index contributed by atoms with van der Waals surface area (Å²) in [4.78, 5) is 24.5. The van der Waals surface area contributed by atoms with Gasteiger partial charge in [0.1, 0.15) is 17.7 Å². The molecule has 1 aromatic heterocycles. The van der Waals surface area contributed by atoms with Crippen LogP contribution in [0, 0.1) is 23.1 Å². The number of ether oxygens (including phenoxy) is 2. The average molecular weight is 621 g/mol. The number of aliphatic hydroxyl groups excluding tert-OH is 1. The average Bonchev–Trinajstić information content (AvgIpc) is 3.63. The zero-order chi connectivity index (χ0) is 31.1. The minimum atomic E-state index is -1.73. The van der Waals surface area contributed by atoms with E-state index in [4.69, 9.17) is 21.1 Å². The highest BCUT2D eigenvalue weighted by molar-refractivity contribution is 6.30. The Morgan fingerprint density at radius 1 is 1.18 bits per heavy atom. The van der Waals surface area contributed by atoms with Crippen LogP contribution >= 0.6 is 11.6 Å². The van der Waals surface area contributed by atoms with E-state index in [0.717, 1.165) is 0 Å². The molecule has 1 unspecified atom stereocenters. The number of carbonyl (C=O) groups is 1. The van der Waals surface area contributed by atoms with Gasteiger partial charge in [0, 0.05) is 29.6 Å². The zero-order valence-electron chi connectivity index (χ0n) is 24.4. The number of carbonyl (C=O) groups excluding carboxylic acids is 1. The monoisotopic (exact) mass is 620 g/mol. The maximum atomic E-state index is 16.8. The Labute approximate surface area is 260 Å². The number of aliphatic hydroxyl groups is 2. The SMILES string of the molecule is CCC(O)(c1cc(F)c2c(c1)C(=O)N(Cc1ncc(C#N)cn1)[C@@]2(O[C@H]1CCOC1)c1ccc(Cl)cc1)C1CCC(O)CC1. The maximum Gasteiger partial charge on any atom is 0.257 e. The predicted octanol–water partition coefficient (Wildman–Crippen LogP) is 4.95. The van der Waals surface area contributed by atoms with Crippen LogP contribution in [-0.4, -0.2) is 56.4 Å². The van der Waals surface area contributed by atoms with Crippen LogP contribution in [-0.2, 0) is 27.3 Å². The second kappa shape index (κ2) is 12.1. The van der Waals surface area contributed by atoms with Crippen LogP contribution in [0.25, 0.3) is 0 Å². The maximum absolute atomic E-state index is 16.8. The standard InChI is InChI=1S/C33H34ClFN4O5/c1-2-32(42,21-5-9-25(40)10-6-21)23-13-27-30(28(35)14-23)33(44-26-11-12-43-19-26,22-3-7-24(34)8-4-22)39(31(27)41)18-29-37-16-20(15-36)17-38-29/h3-4,7-8,13-14,16-17,21,25-26,40,42H,2,5-6,9-12,18-19H2,1H3/t21?,25?,26-,32?,33+/m0/s1. The number of hydrogen-bond donors (Lipinski definition) is 2. The summed E-state index contributed by atoms with van der Waals surface area (Å²) >= 11 is 6.25. The smallest absolute Gasteiger partial charge is 0.257 e. The van der Waals surface area contributed by atoms with E-state index in [-0.39, 0.29) is 41.6 Å². The Morgan fingerprint density at radius 2 is 1.89 bits per heavy atom. The number of hydrogen-bond acceptors (Lipinski definition) is 8. The van der Waals surface area contributed by atoms with Crippen LogP contribution in [0.4, 0.5) is 4.39 Å². The van der Waals surface area contributed by atoms with E-state index in [1.807, 2.05) is 13.0 Å². The molecule has 3 aliphatic rings. The van der Waals surface area contributed by atoms with Crippen molar-refractivity contribution in [2.24, 2.45) is 5.92 Å². The third kappa shape index (κ3) is 5.27. The molecule has 230 valence electrons. The van der Waals surface area contributed by atoms with Gasteiger partial charge in [-0.3, -0.25) is 9.69 Å². The summed E-state index contributed by atoms with van der Waals surface area (Å²) in [5, 5.41) is 31.8. The van der Waals surface area contributed by atoms with Gasteiger partial charge in [0.25, 0.3) is 5.91 Å². The summed E-state index contributed by atoms with van der Waals surface area (Å²) < 4.78 is 29.2. The lowest BCUT2D eigenvalue weighted by Gasteiger charge is -2.41. The molecule has 11 heteroatoms. The molecule has 3 aromatic rings. The Hall–Kier alpha value is -3.46. The summed E-state index contributed by atoms with van der Waals surface area (Å²) in [5.74, 6) is -1.17. The van der Waals surface area contributed by atoms with Crippen molar-refractivity contribution in [3.8, 4) is 6.07 Å². The summed E-state index contributed by atoms with van der Waals surface area (Å²) in [6.07, 6.45) is 4.99. The third-order valence-electron chi connectivity index (χ3n) is 9.29. The minimum absolute atomic E-state index is 0.0339. The molecule has 1 saturated heterocycles. The quantitative estimate of drug-likeness (QED) is 0.362. The predicted molar refractivity (Wildman–Crippen MR) is 158 cm³/mol. The molecule has 0 radical (unpaired) electrons. The number of nitrogens with zero attached hydrogens (tertiary/aromatic N) is 4. The van der Waals surface area contributed by atoms with E-state index in [1.54, 1.807) is 30.3 Å². The normalized spacial score (nSPS) is 26.3. The molecule has 9 nitrogen and oxygen atoms in total. The number of benzene rings is 2. The van der Waals surface area contributed by atoms with Crippen molar-refractivity contribution in [3.05, 3.63) is 93.3 Å². The fourth-order valence-corrected chi connectivity index (χ4v) is 7.03. The Balaban J connectivity index is 1.53. The van der Waals surface area contributed by atoms with Crippen molar-refractivity contribution in [2.75, 3.05) is 13.2 Å². The van der Waals surface area contributed by atoms with Crippen molar-refractivity contribution in [1.82, 2.24) is 14.9 Å². The van der Waals surface area contributed by atoms with Crippen LogP contribution in [0.5, 0.6) is 0 Å². The highest BCUT2D eigenvalue weighted by atomic mass is 35.5. The minimum Gasteiger partial charge on any atom is -0.393 e. The van der Waals surface area contributed by atoms with Gasteiger partial charge in [-0.25, -0.2) is 14.4 Å². The molecule has 44 heavy (non-hydrogen) atoms. The van der Waals surface area contributed by atoms with Crippen molar-refractivity contribution in [2.45, 2.75) is 75.5 Å². The van der Waals surface area contributed by atoms with Gasteiger partial charge in [0.15, 0.2) is 0 Å². The molecular weight excluding hydrogens is 587 g/mol. The second-order valence-corrected chi connectivity index (χ2v) is 12.2. The molecule has 0 spiro atoms. The van der Waals surface area contributed by atoms with Crippen LogP contribution < -0.4 is 0 Å². The van der Waals surface area contributed by atoms with Crippen molar-refractivity contribution in [3.63, 3.8) is 0 Å². The second-order valence-electron chi connectivity index (χ2n) is 11.8. The molecule has 2 N–H and O–H groups in total. The van der Waals surface area contributed by atoms with Gasteiger partial charge in [0.2, 0.25) is 5.72 Å². The topological polar surface area (TPSA) is 129 Å². The largest absolute Gasteiger partial charge is 0.393 e. The van der Waals surface area contributed by atoms with Crippen LogP contribution in [0.15, 0.2) is 48.8 Å². The van der Waals surface area contributed by atoms with Gasteiger partial charge in [-0.2, -0.15) is 5.26 Å². The van der Waals surface area contributed by atoms with Gasteiger partial charge in [-0.15, -0.1) is 0 Å². The molecule has 3 atom stereocenters. The van der Waals surface area contributed by atoms with E-state index in [0.29, 0.717) is 61.3 Å². The number of aromatic nitrogens is 2. The first-order valence-electron chi connectivity index (χ1n) is 15.0. The van der Waals surface area contributed by atoms with E-state index < -0.39 is 35.3 Å². The molecule has 0 bridgehead atoms. The molecule has 2 fully saturated rings. The van der Waals surface area contributed by atoms with Gasteiger partial charge in [-0.1, -0.05) is 30.7 Å². The molecule has 6 rings (SSSR count). The highest BCUT2D eigenvalue weighted by Gasteiger charge is 2.56. The van der Waals surface area contributed by atoms with Gasteiger partial charge in [0.05, 0.1) is 47.7 Å². The zero-order valence-corrected chi connectivity index (χ0v) is 25.1. The number of amides is 1. The molecule has 2 aliphatic heterocycles. The van der Waals surface area contributed by atoms with Crippen LogP contribution in [0.3, 0.4) is 0 Å². The number of halogens is 2. The van der Waals surface area contributed by atoms with Gasteiger partial charge in [-0.05, 0) is 74.3 Å². The molecule has 2 aromatic carbocycles. The van der Waals surface area contributed by atoms with E-state index >= 15 is 4.39 Å². The van der Waals surface area contributed by atoms with E-state index in [1.165, 1.54) is 23.4 Å². The summed E-state index contributed by atoms with van der Waals surface area (Å²) in [7, 11) is 0. The van der Waals surface area contributed by atoms with Gasteiger partial charge < -0.3 is 19.7 Å². The molecule has 1 saturated carbocycles. The molecule has 1 amide bonds. The highest BCUT2D eigenvalue weighted by Crippen LogP contribution is 2.51. The summed E-state index contributed by atoms with van der Waals surface area (Å²) in [6.45, 7) is 2.42. The summed E-state index contributed by atoms with van der Waals surface area (Å²) in [5.41, 5.74) is -1.96. The lowest BCUT2D eigenvalue weighted by atomic mass is 9.71. The number of rotatable bonds is 8. The van der Waals surface area contributed by atoms with Crippen molar-refractivity contribution >= 4 is 17.5 Å². The van der Waals surface area contributed by atoms with Gasteiger partial charge >= 0.3 is 0 Å². The lowest BCUT2D eigenvalue weighted by molar-refractivity contribution is -0.149. The Morgan fingerprint density at radius 3 is 2.50 bits per heavy atom. The Bertz CT molecular complexity index is 1570. The first kappa shape index (κ1) is 30.6. The number of fused-ring (bicyclic) bond motifs is 1. The van der Waals surface area contributed by atoms with Crippen molar-refractivity contribution in [1.29, 1.82) is 5.26 Å². The first-order valence-corrected chi connectivity index (χ1v) is 15.4. The van der Waals surface area contributed by atoms with Crippen molar-refractivity contribution < 1.29 is 28.9 Å². The molecular formula is C33H34ClFN4O5. The summed E-state index contributed by atoms with van der Waals surface area (Å²) in [6, 6.07) is 11.6. The van der Waals surface area contributed by atoms with Crippen LogP contribution in [0.2, 0.25) is 5.02 Å².